The molecule has 1 saturated heterocycles. The zero-order valence-electron chi connectivity index (χ0n) is 16.2. The van der Waals surface area contributed by atoms with Gasteiger partial charge in [-0.1, -0.05) is 24.3 Å². The van der Waals surface area contributed by atoms with Gasteiger partial charge in [-0.2, -0.15) is 0 Å². The first-order chi connectivity index (χ1) is 13.3. The molecule has 0 aromatic heterocycles. The van der Waals surface area contributed by atoms with E-state index in [2.05, 4.69) is 5.32 Å². The molecule has 4 rings (SSSR count). The van der Waals surface area contributed by atoms with Crippen LogP contribution in [0.4, 0.5) is 4.79 Å². The van der Waals surface area contributed by atoms with E-state index in [1.807, 2.05) is 39.0 Å². The number of ketones is 1. The van der Waals surface area contributed by atoms with Crippen LogP contribution in [0, 0.1) is 20.8 Å². The van der Waals surface area contributed by atoms with Crippen LogP contribution in [0.2, 0.25) is 0 Å². The third kappa shape index (κ3) is 2.68. The molecule has 1 atom stereocenters. The maximum absolute atomic E-state index is 13.3. The van der Waals surface area contributed by atoms with Crippen LogP contribution < -0.4 is 10.1 Å². The molecule has 2 aromatic rings. The second-order valence-electron chi connectivity index (χ2n) is 7.50. The number of benzene rings is 2. The minimum absolute atomic E-state index is 0.249. The first kappa shape index (κ1) is 18.2. The van der Waals surface area contributed by atoms with Gasteiger partial charge in [0.15, 0.2) is 11.3 Å². The summed E-state index contributed by atoms with van der Waals surface area (Å²) in [6, 6.07) is 10.4. The van der Waals surface area contributed by atoms with E-state index in [0.29, 0.717) is 29.9 Å². The summed E-state index contributed by atoms with van der Waals surface area (Å²) in [6.07, 6.45) is 0.335. The van der Waals surface area contributed by atoms with Crippen LogP contribution in [0.25, 0.3) is 0 Å². The second kappa shape index (κ2) is 6.48. The molecule has 3 amide bonds. The number of amides is 3. The van der Waals surface area contributed by atoms with Gasteiger partial charge in [-0.05, 0) is 49.6 Å². The van der Waals surface area contributed by atoms with Crippen molar-refractivity contribution in [2.24, 2.45) is 0 Å². The van der Waals surface area contributed by atoms with E-state index >= 15 is 0 Å². The molecule has 0 aliphatic carbocycles. The Morgan fingerprint density at radius 2 is 1.82 bits per heavy atom. The van der Waals surface area contributed by atoms with E-state index in [1.54, 1.807) is 18.2 Å². The zero-order valence-corrected chi connectivity index (χ0v) is 16.2. The summed E-state index contributed by atoms with van der Waals surface area (Å²) in [6.45, 7) is 5.83. The number of nitrogens with one attached hydrogen (secondary N) is 1. The van der Waals surface area contributed by atoms with Gasteiger partial charge in [0.05, 0.1) is 13.2 Å². The molecular formula is C22H22N2O4. The number of rotatable bonds is 3. The first-order valence-corrected chi connectivity index (χ1v) is 9.31. The monoisotopic (exact) mass is 378 g/mol. The molecule has 6 nitrogen and oxygen atoms in total. The Labute approximate surface area is 163 Å². The highest BCUT2D eigenvalue weighted by molar-refractivity contribution is 6.12. The predicted octanol–water partition coefficient (Wildman–Crippen LogP) is 3.02. The Morgan fingerprint density at radius 3 is 2.61 bits per heavy atom. The number of aryl methyl sites for hydroxylation is 3. The summed E-state index contributed by atoms with van der Waals surface area (Å²) in [5.41, 5.74) is 2.95. The molecule has 0 bridgehead atoms. The molecule has 2 aliphatic heterocycles. The van der Waals surface area contributed by atoms with Crippen molar-refractivity contribution in [2.75, 3.05) is 13.2 Å². The molecule has 0 radical (unpaired) electrons. The number of imide groups is 1. The molecule has 2 aromatic carbocycles. The number of fused-ring (bicyclic) bond motifs is 2. The maximum atomic E-state index is 13.3. The summed E-state index contributed by atoms with van der Waals surface area (Å²) in [5, 5.41) is 2.82. The fourth-order valence-corrected chi connectivity index (χ4v) is 4.01. The van der Waals surface area contributed by atoms with Gasteiger partial charge in [0.2, 0.25) is 0 Å². The summed E-state index contributed by atoms with van der Waals surface area (Å²) in [4.78, 5) is 39.8. The molecular weight excluding hydrogens is 356 g/mol. The van der Waals surface area contributed by atoms with Crippen LogP contribution in [0.3, 0.4) is 0 Å². The maximum Gasteiger partial charge on any atom is 0.325 e. The average molecular weight is 378 g/mol. The Bertz CT molecular complexity index is 1010. The van der Waals surface area contributed by atoms with Crippen LogP contribution >= 0.6 is 0 Å². The number of hydrogen-bond acceptors (Lipinski definition) is 4. The minimum atomic E-state index is -1.16. The molecule has 1 N–H and O–H groups in total. The van der Waals surface area contributed by atoms with Gasteiger partial charge in [-0.15, -0.1) is 0 Å². The van der Waals surface area contributed by atoms with Crippen LogP contribution in [0.1, 0.15) is 39.0 Å². The van der Waals surface area contributed by atoms with Crippen molar-refractivity contribution in [1.82, 2.24) is 10.2 Å². The van der Waals surface area contributed by atoms with Gasteiger partial charge >= 0.3 is 6.03 Å². The molecule has 1 spiro atoms. The number of nitrogens with zero attached hydrogens (tertiary/aromatic N) is 1. The van der Waals surface area contributed by atoms with E-state index in [0.717, 1.165) is 21.6 Å². The lowest BCUT2D eigenvalue weighted by Crippen LogP contribution is -2.47. The number of Topliss-reactive ketones (excluding diaryl/α,β-unsaturated/α-hetero) is 1. The highest BCUT2D eigenvalue weighted by Crippen LogP contribution is 2.41. The predicted molar refractivity (Wildman–Crippen MR) is 103 cm³/mol. The molecule has 0 saturated carbocycles. The SMILES string of the molecule is Cc1cc(C)c(C(=O)CN2C(=O)N[C@@]3(CCOc4ccccc43)C2=O)cc1C. The Morgan fingerprint density at radius 1 is 1.11 bits per heavy atom. The van der Waals surface area contributed by atoms with Gasteiger partial charge in [-0.3, -0.25) is 14.5 Å². The number of hydrogen-bond donors (Lipinski definition) is 1. The smallest absolute Gasteiger partial charge is 0.325 e. The fourth-order valence-electron chi connectivity index (χ4n) is 4.01. The second-order valence-corrected chi connectivity index (χ2v) is 7.50. The van der Waals surface area contributed by atoms with Crippen molar-refractivity contribution in [3.05, 3.63) is 64.2 Å². The Hall–Kier alpha value is -3.15. The fraction of sp³-hybridized carbons (Fsp3) is 0.318. The quantitative estimate of drug-likeness (QED) is 0.658. The van der Waals surface area contributed by atoms with E-state index < -0.39 is 17.5 Å². The van der Waals surface area contributed by atoms with Gasteiger partial charge in [-0.25, -0.2) is 4.79 Å². The third-order valence-electron chi connectivity index (χ3n) is 5.70. The highest BCUT2D eigenvalue weighted by atomic mass is 16.5. The van der Waals surface area contributed by atoms with Crippen molar-refractivity contribution in [2.45, 2.75) is 32.7 Å². The number of ether oxygens (including phenoxy) is 1. The van der Waals surface area contributed by atoms with Gasteiger partial charge < -0.3 is 10.1 Å². The van der Waals surface area contributed by atoms with Crippen molar-refractivity contribution in [3.8, 4) is 5.75 Å². The van der Waals surface area contributed by atoms with Gasteiger partial charge in [0.25, 0.3) is 5.91 Å². The molecule has 2 aliphatic rings. The van der Waals surface area contributed by atoms with Gasteiger partial charge in [0, 0.05) is 17.5 Å². The van der Waals surface area contributed by atoms with Crippen LogP contribution in [0.15, 0.2) is 36.4 Å². The van der Waals surface area contributed by atoms with Crippen molar-refractivity contribution < 1.29 is 19.1 Å². The highest BCUT2D eigenvalue weighted by Gasteiger charge is 2.55. The standard InChI is InChI=1S/C22H22N2O4/c1-13-10-15(3)16(11-14(13)2)18(25)12-24-20(26)22(23-21(24)27)8-9-28-19-7-5-4-6-17(19)22/h4-7,10-11H,8-9,12H2,1-3H3,(H,23,27)/t22-/m1/s1. The third-order valence-corrected chi connectivity index (χ3v) is 5.70. The molecule has 1 fully saturated rings. The summed E-state index contributed by atoms with van der Waals surface area (Å²) in [5.74, 6) is -0.0647. The lowest BCUT2D eigenvalue weighted by molar-refractivity contribution is -0.132. The number of urea groups is 1. The van der Waals surface area contributed by atoms with Crippen LogP contribution in [-0.2, 0) is 10.3 Å². The van der Waals surface area contributed by atoms with Gasteiger partial charge in [0.1, 0.15) is 5.75 Å². The number of carbonyl (C=O) groups is 3. The molecule has 144 valence electrons. The average Bonchev–Trinajstić information content (AvgIpc) is 2.90. The van der Waals surface area contributed by atoms with E-state index in [4.69, 9.17) is 4.74 Å². The molecule has 6 heteroatoms. The van der Waals surface area contributed by atoms with Crippen molar-refractivity contribution in [1.29, 1.82) is 0 Å². The first-order valence-electron chi connectivity index (χ1n) is 9.31. The summed E-state index contributed by atoms with van der Waals surface area (Å²) >= 11 is 0. The van der Waals surface area contributed by atoms with Crippen LogP contribution in [-0.4, -0.2) is 35.8 Å². The van der Waals surface area contributed by atoms with E-state index in [-0.39, 0.29) is 12.3 Å². The van der Waals surface area contributed by atoms with Crippen molar-refractivity contribution in [3.63, 3.8) is 0 Å². The van der Waals surface area contributed by atoms with E-state index in [9.17, 15) is 14.4 Å². The number of carbonyl (C=O) groups excluding carboxylic acids is 3. The number of para-hydroxylation sites is 1. The topological polar surface area (TPSA) is 75.7 Å². The molecule has 2 heterocycles. The van der Waals surface area contributed by atoms with Crippen LogP contribution in [0.5, 0.6) is 5.75 Å². The largest absolute Gasteiger partial charge is 0.493 e. The Balaban J connectivity index is 1.65. The lowest BCUT2D eigenvalue weighted by Gasteiger charge is -2.33. The molecule has 28 heavy (non-hydrogen) atoms. The lowest BCUT2D eigenvalue weighted by atomic mass is 9.84. The zero-order chi connectivity index (χ0) is 20.1. The summed E-state index contributed by atoms with van der Waals surface area (Å²) in [7, 11) is 0. The summed E-state index contributed by atoms with van der Waals surface area (Å²) < 4.78 is 5.63. The minimum Gasteiger partial charge on any atom is -0.493 e. The Kier molecular flexibility index (Phi) is 4.22. The van der Waals surface area contributed by atoms with E-state index in [1.165, 1.54) is 0 Å². The molecule has 0 unspecified atom stereocenters. The normalized spacial score (nSPS) is 20.8. The van der Waals surface area contributed by atoms with Crippen molar-refractivity contribution >= 4 is 17.7 Å².